The zero-order valence-corrected chi connectivity index (χ0v) is 53.4. The van der Waals surface area contributed by atoms with Crippen molar-refractivity contribution in [1.82, 2.24) is 64.8 Å². The van der Waals surface area contributed by atoms with Gasteiger partial charge in [0.15, 0.2) is 0 Å². The minimum Gasteiger partial charge on any atom is -0.265 e. The number of nitrogens with zero attached hydrogens (tertiary/aromatic N) is 13. The molecule has 0 unspecified atom stereocenters. The lowest BCUT2D eigenvalue weighted by atomic mass is 9.88. The van der Waals surface area contributed by atoms with Gasteiger partial charge in [-0.1, -0.05) is 178 Å². The van der Waals surface area contributed by atoms with Crippen LogP contribution in [0.5, 0.6) is 0 Å². The molecule has 0 spiro atoms. The minimum absolute atomic E-state index is 0.0707. The van der Waals surface area contributed by atoms with Gasteiger partial charge in [-0.05, 0) is 81.5 Å². The van der Waals surface area contributed by atoms with Crippen LogP contribution in [0.2, 0.25) is 0 Å². The molecule has 0 aliphatic rings. The maximum absolute atomic E-state index is 4.25. The third-order valence-electron chi connectivity index (χ3n) is 11.1. The van der Waals surface area contributed by atoms with Crippen LogP contribution < -0.4 is 0 Å². The van der Waals surface area contributed by atoms with E-state index in [0.717, 1.165) is 28.7 Å². The van der Waals surface area contributed by atoms with Crippen LogP contribution in [0.1, 0.15) is 212 Å². The summed E-state index contributed by atoms with van der Waals surface area (Å²) in [4.78, 5) is 52.9. The first kappa shape index (κ1) is 70.9. The van der Waals surface area contributed by atoms with E-state index in [1.807, 2.05) is 73.6 Å². The highest BCUT2D eigenvalue weighted by Gasteiger charge is 2.18. The summed E-state index contributed by atoms with van der Waals surface area (Å²) >= 11 is 0. The number of rotatable bonds is 0. The van der Waals surface area contributed by atoms with Crippen molar-refractivity contribution in [1.29, 1.82) is 0 Å². The predicted octanol–water partition coefficient (Wildman–Crippen LogP) is 16.0. The molecule has 8 rings (SSSR count). The molecule has 0 saturated carbocycles. The maximum atomic E-state index is 4.25. The van der Waals surface area contributed by atoms with Gasteiger partial charge in [0.2, 0.25) is 0 Å². The smallest absolute Gasteiger partial charge is 0.133 e. The lowest BCUT2D eigenvalue weighted by Crippen LogP contribution is -2.14. The molecule has 13 nitrogen and oxygen atoms in total. The molecule has 8 aromatic heterocycles. The molecule has 13 heteroatoms. The van der Waals surface area contributed by atoms with Crippen molar-refractivity contribution < 1.29 is 0 Å². The number of hydrogen-bond donors (Lipinski definition) is 0. The van der Waals surface area contributed by atoms with Crippen molar-refractivity contribution in [2.45, 2.75) is 209 Å². The normalized spacial score (nSPS) is 11.5. The Hall–Kier alpha value is -7.15. The minimum atomic E-state index is 0.0707. The van der Waals surface area contributed by atoms with Crippen molar-refractivity contribution in [2.24, 2.45) is 0 Å². The molecule has 0 bridgehead atoms. The van der Waals surface area contributed by atoms with E-state index in [0.29, 0.717) is 0 Å². The van der Waals surface area contributed by atoms with Crippen molar-refractivity contribution in [2.75, 3.05) is 0 Å². The first-order chi connectivity index (χ1) is 36.8. The summed E-state index contributed by atoms with van der Waals surface area (Å²) in [7, 11) is 0. The predicted molar refractivity (Wildman–Crippen MR) is 332 cm³/mol. The molecular formula is C67H99N13. The van der Waals surface area contributed by atoms with E-state index in [1.165, 1.54) is 16.7 Å². The molecule has 8 aromatic rings. The molecule has 0 N–H and O–H groups in total. The van der Waals surface area contributed by atoms with Crippen LogP contribution in [0.4, 0.5) is 0 Å². The van der Waals surface area contributed by atoms with E-state index in [1.54, 1.807) is 68.4 Å². The van der Waals surface area contributed by atoms with Gasteiger partial charge in [0, 0.05) is 131 Å². The summed E-state index contributed by atoms with van der Waals surface area (Å²) in [5, 5.41) is 0. The van der Waals surface area contributed by atoms with Gasteiger partial charge in [0.25, 0.3) is 0 Å². The van der Waals surface area contributed by atoms with Crippen molar-refractivity contribution >= 4 is 0 Å². The quantitative estimate of drug-likeness (QED) is 0.141. The fraction of sp³-hybridized carbons (Fsp3) is 0.478. The molecule has 0 aromatic carbocycles. The van der Waals surface area contributed by atoms with E-state index >= 15 is 0 Å². The molecule has 0 aliphatic heterocycles. The van der Waals surface area contributed by atoms with Crippen LogP contribution in [0, 0.1) is 0 Å². The van der Waals surface area contributed by atoms with E-state index in [9.17, 15) is 0 Å². The summed E-state index contributed by atoms with van der Waals surface area (Å²) < 4.78 is 0. The molecule has 0 atom stereocenters. The van der Waals surface area contributed by atoms with Gasteiger partial charge in [-0.2, -0.15) is 0 Å². The number of hydrogen-bond acceptors (Lipinski definition) is 13. The monoisotopic (exact) mass is 1090 g/mol. The van der Waals surface area contributed by atoms with Crippen LogP contribution in [0.3, 0.4) is 0 Å². The first-order valence-corrected chi connectivity index (χ1v) is 27.4. The van der Waals surface area contributed by atoms with Crippen LogP contribution >= 0.6 is 0 Å². The molecule has 0 aliphatic carbocycles. The summed E-state index contributed by atoms with van der Waals surface area (Å²) in [5.41, 5.74) is 8.30. The van der Waals surface area contributed by atoms with E-state index in [-0.39, 0.29) is 43.3 Å². The fourth-order valence-corrected chi connectivity index (χ4v) is 5.94. The zero-order chi connectivity index (χ0) is 60.9. The average molecular weight is 1090 g/mol. The summed E-state index contributed by atoms with van der Waals surface area (Å²) in [6.45, 7) is 51.4. The lowest BCUT2D eigenvalue weighted by molar-refractivity contribution is 0.545. The van der Waals surface area contributed by atoms with Crippen LogP contribution in [0.15, 0.2) is 166 Å². The maximum Gasteiger partial charge on any atom is 0.133 e. The van der Waals surface area contributed by atoms with Crippen LogP contribution in [-0.4, -0.2) is 64.8 Å². The standard InChI is InChI=1S/3C9H13N.5C8H12N2/c1-9(2,3)8-4-6-10-7-5-8;1-9(2,3)8-5-4-6-10-7-8;1-9(2,3)8-6-4-5-7-10-8;1-8(2,3)7-4-9-6-10-5-7;1-8(2,3)7-6-9-4-5-10-7;1-8(2,3)7-4-5-9-6-10-7;2*1-8(2,3)7-9-5-4-6-10-7/h3*4-7H,1-3H3;5*4-6H,1-3H3. The Morgan fingerprint density at radius 1 is 0.212 bits per heavy atom. The third kappa shape index (κ3) is 31.4. The van der Waals surface area contributed by atoms with Gasteiger partial charge in [-0.15, -0.1) is 0 Å². The van der Waals surface area contributed by atoms with Crippen LogP contribution in [-0.2, 0) is 43.3 Å². The van der Waals surface area contributed by atoms with E-state index in [4.69, 9.17) is 0 Å². The summed E-state index contributed by atoms with van der Waals surface area (Å²) in [6.07, 6.45) is 30.1. The Kier molecular flexibility index (Phi) is 29.1. The third-order valence-corrected chi connectivity index (χ3v) is 11.1. The Labute approximate surface area is 483 Å². The van der Waals surface area contributed by atoms with Gasteiger partial charge in [0.1, 0.15) is 24.3 Å². The Morgan fingerprint density at radius 2 is 0.625 bits per heavy atom. The lowest BCUT2D eigenvalue weighted by Gasteiger charge is -2.17. The van der Waals surface area contributed by atoms with Gasteiger partial charge in [0.05, 0.1) is 5.69 Å². The number of pyridine rings is 3. The molecule has 0 radical (unpaired) electrons. The van der Waals surface area contributed by atoms with Gasteiger partial charge in [-0.25, -0.2) is 39.9 Å². The molecule has 0 saturated heterocycles. The summed E-state index contributed by atoms with van der Waals surface area (Å²) in [5.74, 6) is 1.80. The average Bonchev–Trinajstić information content (AvgIpc) is 3.40. The molecule has 432 valence electrons. The molecule has 0 amide bonds. The van der Waals surface area contributed by atoms with E-state index < -0.39 is 0 Å². The van der Waals surface area contributed by atoms with Crippen LogP contribution in [0.25, 0.3) is 0 Å². The second-order valence-corrected chi connectivity index (χ2v) is 27.1. The van der Waals surface area contributed by atoms with E-state index in [2.05, 4.69) is 255 Å². The van der Waals surface area contributed by atoms with Gasteiger partial charge in [-0.3, -0.25) is 24.9 Å². The highest BCUT2D eigenvalue weighted by atomic mass is 14.9. The van der Waals surface area contributed by atoms with Crippen molar-refractivity contribution in [3.63, 3.8) is 0 Å². The molecule has 8 heterocycles. The second kappa shape index (κ2) is 32.8. The highest BCUT2D eigenvalue weighted by Crippen LogP contribution is 2.23. The van der Waals surface area contributed by atoms with Gasteiger partial charge >= 0.3 is 0 Å². The molecule has 0 fully saturated rings. The SMILES string of the molecule is CC(C)(C)c1ccccn1.CC(C)(C)c1cccnc1.CC(C)(C)c1ccncc1.CC(C)(C)c1ccncn1.CC(C)(C)c1cnccn1.CC(C)(C)c1cncnc1.CC(C)(C)c1ncccn1.CC(C)(C)c1ncccn1. The largest absolute Gasteiger partial charge is 0.265 e. The zero-order valence-electron chi connectivity index (χ0n) is 53.4. The summed E-state index contributed by atoms with van der Waals surface area (Å²) in [6, 6.07) is 19.8. The molecule has 80 heavy (non-hydrogen) atoms. The Bertz CT molecular complexity index is 2170. The highest BCUT2D eigenvalue weighted by molar-refractivity contribution is 5.20. The van der Waals surface area contributed by atoms with Crippen molar-refractivity contribution in [3.8, 4) is 0 Å². The van der Waals surface area contributed by atoms with Crippen molar-refractivity contribution in [3.05, 3.63) is 212 Å². The van der Waals surface area contributed by atoms with Gasteiger partial charge < -0.3 is 0 Å². The Morgan fingerprint density at radius 3 is 0.887 bits per heavy atom. The Balaban J connectivity index is 0.000000457. The topological polar surface area (TPSA) is 168 Å². The second-order valence-electron chi connectivity index (χ2n) is 27.1. The number of aromatic nitrogens is 13. The first-order valence-electron chi connectivity index (χ1n) is 27.4. The fourth-order valence-electron chi connectivity index (χ4n) is 5.94. The molecular weight excluding hydrogens is 987 g/mol.